The topological polar surface area (TPSA) is 57.6 Å². The molecule has 0 aliphatic heterocycles. The maximum atomic E-state index is 10.9. The molecule has 1 rings (SSSR count). The predicted octanol–water partition coefficient (Wildman–Crippen LogP) is 0.900. The summed E-state index contributed by atoms with van der Waals surface area (Å²) >= 11 is 0. The van der Waals surface area contributed by atoms with Gasteiger partial charge in [-0.05, 0) is 5.56 Å². The summed E-state index contributed by atoms with van der Waals surface area (Å²) in [5.41, 5.74) is 0.592. The van der Waals surface area contributed by atoms with E-state index in [-0.39, 0.29) is 0 Å². The Kier molecular flexibility index (Phi) is 3.23. The molecule has 0 spiro atoms. The number of carbonyl (C=O) groups is 2. The standard InChI is InChI=1S/C10H11NO3/c1-11(7-12)9(10(13)14)8-5-3-2-4-6-8/h2-7,9H,1H3,(H,13,14). The lowest BCUT2D eigenvalue weighted by Crippen LogP contribution is -2.29. The van der Waals surface area contributed by atoms with Crippen molar-refractivity contribution >= 4 is 12.4 Å². The van der Waals surface area contributed by atoms with Crippen molar-refractivity contribution in [3.05, 3.63) is 35.9 Å². The SMILES string of the molecule is CN(C=O)C(C(=O)O)c1ccccc1. The Morgan fingerprint density at radius 2 is 2.00 bits per heavy atom. The molecule has 4 nitrogen and oxygen atoms in total. The molecule has 0 saturated carbocycles. The third-order valence-electron chi connectivity index (χ3n) is 1.92. The minimum Gasteiger partial charge on any atom is -0.479 e. The van der Waals surface area contributed by atoms with E-state index in [1.165, 1.54) is 7.05 Å². The van der Waals surface area contributed by atoms with Gasteiger partial charge in [0.15, 0.2) is 6.04 Å². The molecule has 0 aliphatic carbocycles. The summed E-state index contributed by atoms with van der Waals surface area (Å²) in [5.74, 6) is -1.04. The number of likely N-dealkylation sites (N-methyl/N-ethyl adjacent to an activating group) is 1. The van der Waals surface area contributed by atoms with E-state index >= 15 is 0 Å². The fraction of sp³-hybridized carbons (Fsp3) is 0.200. The Morgan fingerprint density at radius 1 is 1.43 bits per heavy atom. The van der Waals surface area contributed by atoms with Crippen molar-refractivity contribution < 1.29 is 14.7 Å². The zero-order chi connectivity index (χ0) is 10.6. The summed E-state index contributed by atoms with van der Waals surface area (Å²) < 4.78 is 0. The van der Waals surface area contributed by atoms with Crippen LogP contribution in [-0.2, 0) is 9.59 Å². The number of hydrogen-bond acceptors (Lipinski definition) is 2. The highest BCUT2D eigenvalue weighted by molar-refractivity contribution is 5.78. The van der Waals surface area contributed by atoms with Gasteiger partial charge in [0, 0.05) is 7.05 Å². The average Bonchev–Trinajstić information content (AvgIpc) is 2.19. The molecule has 1 atom stereocenters. The molecular weight excluding hydrogens is 182 g/mol. The molecule has 74 valence electrons. The van der Waals surface area contributed by atoms with Crippen molar-refractivity contribution in [1.29, 1.82) is 0 Å². The van der Waals surface area contributed by atoms with Gasteiger partial charge >= 0.3 is 5.97 Å². The van der Waals surface area contributed by atoms with Crippen molar-refractivity contribution in [2.24, 2.45) is 0 Å². The van der Waals surface area contributed by atoms with E-state index in [1.807, 2.05) is 0 Å². The van der Waals surface area contributed by atoms with Gasteiger partial charge < -0.3 is 10.0 Å². The van der Waals surface area contributed by atoms with Crippen molar-refractivity contribution in [2.75, 3.05) is 7.05 Å². The van der Waals surface area contributed by atoms with E-state index in [4.69, 9.17) is 5.11 Å². The van der Waals surface area contributed by atoms with E-state index in [0.29, 0.717) is 12.0 Å². The first-order valence-corrected chi connectivity index (χ1v) is 4.12. The molecule has 4 heteroatoms. The zero-order valence-corrected chi connectivity index (χ0v) is 7.75. The lowest BCUT2D eigenvalue weighted by molar-refractivity contribution is -0.145. The number of benzene rings is 1. The fourth-order valence-corrected chi connectivity index (χ4v) is 1.25. The third kappa shape index (κ3) is 2.10. The molecule has 0 aliphatic rings. The minimum atomic E-state index is -1.04. The smallest absolute Gasteiger partial charge is 0.331 e. The molecule has 0 saturated heterocycles. The maximum Gasteiger partial charge on any atom is 0.331 e. The number of nitrogens with zero attached hydrogens (tertiary/aromatic N) is 1. The van der Waals surface area contributed by atoms with Crippen molar-refractivity contribution in [1.82, 2.24) is 4.90 Å². The van der Waals surface area contributed by atoms with Gasteiger partial charge in [0.25, 0.3) is 0 Å². The zero-order valence-electron chi connectivity index (χ0n) is 7.75. The van der Waals surface area contributed by atoms with Crippen LogP contribution < -0.4 is 0 Å². The van der Waals surface area contributed by atoms with E-state index < -0.39 is 12.0 Å². The molecular formula is C10H11NO3. The van der Waals surface area contributed by atoms with Crippen LogP contribution in [0.15, 0.2) is 30.3 Å². The molecule has 14 heavy (non-hydrogen) atoms. The number of hydrogen-bond donors (Lipinski definition) is 1. The predicted molar refractivity (Wildman–Crippen MR) is 50.6 cm³/mol. The second-order valence-electron chi connectivity index (χ2n) is 2.92. The lowest BCUT2D eigenvalue weighted by Gasteiger charge is -2.20. The Morgan fingerprint density at radius 3 is 2.43 bits per heavy atom. The first-order chi connectivity index (χ1) is 6.66. The molecule has 1 aromatic carbocycles. The summed E-state index contributed by atoms with van der Waals surface area (Å²) in [6.07, 6.45) is 0.506. The Balaban J connectivity index is 3.00. The van der Waals surface area contributed by atoms with Gasteiger partial charge in [-0.3, -0.25) is 4.79 Å². The Labute approximate surface area is 81.8 Å². The van der Waals surface area contributed by atoms with Gasteiger partial charge in [0.2, 0.25) is 6.41 Å². The third-order valence-corrected chi connectivity index (χ3v) is 1.92. The molecule has 0 aromatic heterocycles. The molecule has 0 fully saturated rings. The number of carboxylic acid groups (broad SMARTS) is 1. The van der Waals surface area contributed by atoms with Gasteiger partial charge in [-0.25, -0.2) is 4.79 Å². The number of carboxylic acids is 1. The average molecular weight is 193 g/mol. The monoisotopic (exact) mass is 193 g/mol. The first kappa shape index (κ1) is 10.2. The van der Waals surface area contributed by atoms with E-state index in [1.54, 1.807) is 30.3 Å². The van der Waals surface area contributed by atoms with E-state index in [9.17, 15) is 9.59 Å². The summed E-state index contributed by atoms with van der Waals surface area (Å²) in [4.78, 5) is 22.5. The minimum absolute atomic E-state index is 0.506. The lowest BCUT2D eigenvalue weighted by atomic mass is 10.1. The summed E-state index contributed by atoms with van der Waals surface area (Å²) in [5, 5.41) is 8.93. The second-order valence-corrected chi connectivity index (χ2v) is 2.92. The molecule has 0 bridgehead atoms. The summed E-state index contributed by atoms with van der Waals surface area (Å²) in [6, 6.07) is 7.73. The molecule has 1 unspecified atom stereocenters. The van der Waals surface area contributed by atoms with Crippen LogP contribution >= 0.6 is 0 Å². The van der Waals surface area contributed by atoms with Crippen LogP contribution in [0.25, 0.3) is 0 Å². The van der Waals surface area contributed by atoms with Crippen molar-refractivity contribution in [3.63, 3.8) is 0 Å². The second kappa shape index (κ2) is 4.41. The number of carbonyl (C=O) groups excluding carboxylic acids is 1. The highest BCUT2D eigenvalue weighted by atomic mass is 16.4. The number of rotatable bonds is 4. The normalized spacial score (nSPS) is 11.8. The maximum absolute atomic E-state index is 10.9. The van der Waals surface area contributed by atoms with Gasteiger partial charge in [-0.15, -0.1) is 0 Å². The molecule has 1 N–H and O–H groups in total. The quantitative estimate of drug-likeness (QED) is 0.723. The summed E-state index contributed by atoms with van der Waals surface area (Å²) in [6.45, 7) is 0. The summed E-state index contributed by atoms with van der Waals surface area (Å²) in [7, 11) is 1.44. The largest absolute Gasteiger partial charge is 0.479 e. The van der Waals surface area contributed by atoms with Gasteiger partial charge in [0.1, 0.15) is 0 Å². The van der Waals surface area contributed by atoms with Gasteiger partial charge in [0.05, 0.1) is 0 Å². The number of aliphatic carboxylic acids is 1. The van der Waals surface area contributed by atoms with Crippen LogP contribution in [0, 0.1) is 0 Å². The Hall–Kier alpha value is -1.84. The Bertz CT molecular complexity index is 323. The molecule has 1 aromatic rings. The van der Waals surface area contributed by atoms with Crippen LogP contribution in [0.4, 0.5) is 0 Å². The van der Waals surface area contributed by atoms with Gasteiger partial charge in [-0.1, -0.05) is 30.3 Å². The van der Waals surface area contributed by atoms with Crippen LogP contribution in [0.2, 0.25) is 0 Å². The first-order valence-electron chi connectivity index (χ1n) is 4.12. The molecule has 0 heterocycles. The number of amides is 1. The van der Waals surface area contributed by atoms with Crippen molar-refractivity contribution in [3.8, 4) is 0 Å². The van der Waals surface area contributed by atoms with Crippen LogP contribution in [0.1, 0.15) is 11.6 Å². The van der Waals surface area contributed by atoms with E-state index in [2.05, 4.69) is 0 Å². The van der Waals surface area contributed by atoms with Gasteiger partial charge in [-0.2, -0.15) is 0 Å². The molecule has 1 amide bonds. The molecule has 0 radical (unpaired) electrons. The van der Waals surface area contributed by atoms with Crippen LogP contribution in [-0.4, -0.2) is 29.4 Å². The highest BCUT2D eigenvalue weighted by Gasteiger charge is 2.22. The van der Waals surface area contributed by atoms with Crippen molar-refractivity contribution in [2.45, 2.75) is 6.04 Å². The fourth-order valence-electron chi connectivity index (χ4n) is 1.25. The van der Waals surface area contributed by atoms with Crippen LogP contribution in [0.5, 0.6) is 0 Å². The van der Waals surface area contributed by atoms with Crippen LogP contribution in [0.3, 0.4) is 0 Å². The highest BCUT2D eigenvalue weighted by Crippen LogP contribution is 2.17. The van der Waals surface area contributed by atoms with E-state index in [0.717, 1.165) is 4.90 Å².